The molecule has 0 fully saturated rings. The summed E-state index contributed by atoms with van der Waals surface area (Å²) < 4.78 is 0. The van der Waals surface area contributed by atoms with Gasteiger partial charge in [-0.3, -0.25) is 9.59 Å². The molecule has 0 aliphatic carbocycles. The van der Waals surface area contributed by atoms with Crippen LogP contribution in [0.3, 0.4) is 0 Å². The number of aromatic amines is 1. The van der Waals surface area contributed by atoms with Gasteiger partial charge < -0.3 is 16.0 Å². The highest BCUT2D eigenvalue weighted by Gasteiger charge is 2.11. The standard InChI is InChI=1S/C15H15N3O2S/c1-10-7-13(19)12(8-17-10)15(20)18-9-14-11(3-2-5-16)4-6-21-14/h4,6-8H,5,9,16H2,1H3,(H,17,19)(H,18,20). The number of amides is 1. The lowest BCUT2D eigenvalue weighted by Crippen LogP contribution is -2.28. The number of nitrogens with two attached hydrogens (primary N) is 1. The Labute approximate surface area is 126 Å². The third-order valence-electron chi connectivity index (χ3n) is 2.78. The van der Waals surface area contributed by atoms with Crippen LogP contribution >= 0.6 is 11.3 Å². The molecule has 0 saturated carbocycles. The van der Waals surface area contributed by atoms with Gasteiger partial charge in [0, 0.05) is 28.4 Å². The summed E-state index contributed by atoms with van der Waals surface area (Å²) in [5, 5.41) is 4.63. The summed E-state index contributed by atoms with van der Waals surface area (Å²) >= 11 is 1.50. The smallest absolute Gasteiger partial charge is 0.257 e. The first-order valence-corrected chi connectivity index (χ1v) is 7.22. The normalized spacial score (nSPS) is 9.81. The quantitative estimate of drug-likeness (QED) is 0.739. The van der Waals surface area contributed by atoms with Crippen LogP contribution in [0.2, 0.25) is 0 Å². The first-order valence-electron chi connectivity index (χ1n) is 6.34. The van der Waals surface area contributed by atoms with E-state index in [9.17, 15) is 9.59 Å². The van der Waals surface area contributed by atoms with Crippen molar-refractivity contribution in [3.8, 4) is 11.8 Å². The summed E-state index contributed by atoms with van der Waals surface area (Å²) in [5.41, 5.74) is 6.72. The second-order valence-corrected chi connectivity index (χ2v) is 5.34. The van der Waals surface area contributed by atoms with Crippen LogP contribution in [-0.4, -0.2) is 17.4 Å². The lowest BCUT2D eigenvalue weighted by atomic mass is 10.2. The molecule has 0 radical (unpaired) electrons. The van der Waals surface area contributed by atoms with E-state index in [0.717, 1.165) is 10.4 Å². The lowest BCUT2D eigenvalue weighted by Gasteiger charge is -2.04. The number of thiophene rings is 1. The molecule has 0 aliphatic rings. The number of aryl methyl sites for hydroxylation is 1. The number of hydrogen-bond acceptors (Lipinski definition) is 4. The van der Waals surface area contributed by atoms with Gasteiger partial charge in [-0.25, -0.2) is 0 Å². The van der Waals surface area contributed by atoms with Gasteiger partial charge in [0.1, 0.15) is 5.56 Å². The van der Waals surface area contributed by atoms with E-state index in [1.807, 2.05) is 11.4 Å². The molecule has 2 aromatic rings. The highest BCUT2D eigenvalue weighted by Crippen LogP contribution is 2.15. The molecule has 6 heteroatoms. The van der Waals surface area contributed by atoms with E-state index >= 15 is 0 Å². The second kappa shape index (κ2) is 6.88. The number of carbonyl (C=O) groups is 1. The highest BCUT2D eigenvalue weighted by molar-refractivity contribution is 7.10. The lowest BCUT2D eigenvalue weighted by molar-refractivity contribution is 0.0950. The van der Waals surface area contributed by atoms with Gasteiger partial charge in [-0.05, 0) is 18.4 Å². The summed E-state index contributed by atoms with van der Waals surface area (Å²) in [6, 6.07) is 3.28. The molecule has 2 rings (SSSR count). The molecule has 0 atom stereocenters. The second-order valence-electron chi connectivity index (χ2n) is 4.34. The molecule has 0 saturated heterocycles. The summed E-state index contributed by atoms with van der Waals surface area (Å²) in [4.78, 5) is 27.5. The average Bonchev–Trinajstić information content (AvgIpc) is 2.90. The molecule has 0 unspecified atom stereocenters. The molecule has 1 amide bonds. The maximum Gasteiger partial charge on any atom is 0.257 e. The summed E-state index contributed by atoms with van der Waals surface area (Å²) in [7, 11) is 0. The Morgan fingerprint density at radius 1 is 1.52 bits per heavy atom. The molecule has 2 heterocycles. The minimum Gasteiger partial charge on any atom is -0.364 e. The predicted octanol–water partition coefficient (Wildman–Crippen LogP) is 0.985. The SMILES string of the molecule is Cc1cc(=O)c(C(=O)NCc2sccc2C#CCN)c[nH]1. The molecule has 0 aromatic carbocycles. The third-order valence-corrected chi connectivity index (χ3v) is 3.70. The van der Waals surface area contributed by atoms with Crippen LogP contribution in [0.1, 0.15) is 26.5 Å². The molecule has 108 valence electrons. The monoisotopic (exact) mass is 301 g/mol. The number of carbonyl (C=O) groups excluding carboxylic acids is 1. The summed E-state index contributed by atoms with van der Waals surface area (Å²) in [6.07, 6.45) is 1.43. The van der Waals surface area contributed by atoms with Gasteiger partial charge in [0.2, 0.25) is 0 Å². The number of hydrogen-bond donors (Lipinski definition) is 3. The van der Waals surface area contributed by atoms with Crippen molar-refractivity contribution in [1.29, 1.82) is 0 Å². The first kappa shape index (κ1) is 15.0. The van der Waals surface area contributed by atoms with Crippen LogP contribution in [0.5, 0.6) is 0 Å². The van der Waals surface area contributed by atoms with E-state index in [2.05, 4.69) is 22.1 Å². The fraction of sp³-hybridized carbons (Fsp3) is 0.200. The first-order chi connectivity index (χ1) is 10.1. The summed E-state index contributed by atoms with van der Waals surface area (Å²) in [5.74, 6) is 5.33. The number of rotatable bonds is 3. The van der Waals surface area contributed by atoms with Gasteiger partial charge in [0.05, 0.1) is 13.1 Å². The zero-order chi connectivity index (χ0) is 15.2. The molecule has 0 spiro atoms. The van der Waals surface area contributed by atoms with Gasteiger partial charge >= 0.3 is 0 Å². The van der Waals surface area contributed by atoms with Crippen molar-refractivity contribution < 1.29 is 4.79 Å². The Morgan fingerprint density at radius 2 is 2.33 bits per heavy atom. The summed E-state index contributed by atoms with van der Waals surface area (Å²) in [6.45, 7) is 2.38. The largest absolute Gasteiger partial charge is 0.364 e. The van der Waals surface area contributed by atoms with Crippen LogP contribution in [0.25, 0.3) is 0 Å². The van der Waals surface area contributed by atoms with Crippen molar-refractivity contribution in [2.75, 3.05) is 6.54 Å². The molecule has 0 aliphatic heterocycles. The van der Waals surface area contributed by atoms with Crippen LogP contribution in [0.15, 0.2) is 28.5 Å². The van der Waals surface area contributed by atoms with E-state index < -0.39 is 5.91 Å². The van der Waals surface area contributed by atoms with Crippen molar-refractivity contribution in [2.24, 2.45) is 5.73 Å². The van der Waals surface area contributed by atoms with E-state index in [-0.39, 0.29) is 11.0 Å². The molecule has 0 bridgehead atoms. The maximum absolute atomic E-state index is 12.0. The van der Waals surface area contributed by atoms with Crippen molar-refractivity contribution in [3.05, 3.63) is 55.6 Å². The Morgan fingerprint density at radius 3 is 3.05 bits per heavy atom. The van der Waals surface area contributed by atoms with E-state index in [0.29, 0.717) is 18.8 Å². The fourth-order valence-corrected chi connectivity index (χ4v) is 2.51. The number of aromatic nitrogens is 1. The third kappa shape index (κ3) is 3.81. The topological polar surface area (TPSA) is 88.0 Å². The Kier molecular flexibility index (Phi) is 4.93. The fourth-order valence-electron chi connectivity index (χ4n) is 1.74. The van der Waals surface area contributed by atoms with Crippen molar-refractivity contribution in [1.82, 2.24) is 10.3 Å². The van der Waals surface area contributed by atoms with Gasteiger partial charge in [0.25, 0.3) is 5.91 Å². The molecule has 21 heavy (non-hydrogen) atoms. The van der Waals surface area contributed by atoms with Crippen LogP contribution < -0.4 is 16.5 Å². The molecular weight excluding hydrogens is 286 g/mol. The van der Waals surface area contributed by atoms with Crippen LogP contribution in [0.4, 0.5) is 0 Å². The highest BCUT2D eigenvalue weighted by atomic mass is 32.1. The van der Waals surface area contributed by atoms with Gasteiger partial charge in [0.15, 0.2) is 5.43 Å². The number of pyridine rings is 1. The minimum atomic E-state index is -0.401. The van der Waals surface area contributed by atoms with E-state index in [1.165, 1.54) is 23.6 Å². The van der Waals surface area contributed by atoms with E-state index in [1.54, 1.807) is 6.92 Å². The maximum atomic E-state index is 12.0. The minimum absolute atomic E-state index is 0.103. The van der Waals surface area contributed by atoms with Gasteiger partial charge in [-0.2, -0.15) is 0 Å². The Balaban J connectivity index is 2.08. The van der Waals surface area contributed by atoms with E-state index in [4.69, 9.17) is 5.73 Å². The zero-order valence-corrected chi connectivity index (χ0v) is 12.3. The molecule has 4 N–H and O–H groups in total. The van der Waals surface area contributed by atoms with Crippen molar-refractivity contribution in [3.63, 3.8) is 0 Å². The average molecular weight is 301 g/mol. The van der Waals surface area contributed by atoms with Gasteiger partial charge in [-0.1, -0.05) is 11.8 Å². The van der Waals surface area contributed by atoms with Gasteiger partial charge in [-0.15, -0.1) is 11.3 Å². The predicted molar refractivity (Wildman–Crippen MR) is 83.2 cm³/mol. The number of H-pyrrole nitrogens is 1. The number of nitrogens with one attached hydrogen (secondary N) is 2. The van der Waals surface area contributed by atoms with Crippen LogP contribution in [0, 0.1) is 18.8 Å². The van der Waals surface area contributed by atoms with Crippen LogP contribution in [-0.2, 0) is 6.54 Å². The van der Waals surface area contributed by atoms with Crippen molar-refractivity contribution >= 4 is 17.2 Å². The Hall–Kier alpha value is -2.36. The molecule has 5 nitrogen and oxygen atoms in total. The molecular formula is C15H15N3O2S. The zero-order valence-electron chi connectivity index (χ0n) is 11.5. The van der Waals surface area contributed by atoms with Crippen molar-refractivity contribution in [2.45, 2.75) is 13.5 Å². The Bertz CT molecular complexity index is 765. The molecule has 2 aromatic heterocycles.